The molecule has 0 heterocycles. The quantitative estimate of drug-likeness (QED) is 0.713. The number of thiol groups is 1. The zero-order chi connectivity index (χ0) is 14.4. The molecule has 5 heteroatoms. The van der Waals surface area contributed by atoms with Gasteiger partial charge < -0.3 is 10.6 Å². The molecule has 0 saturated carbocycles. The fourth-order valence-electron chi connectivity index (χ4n) is 1.76. The van der Waals surface area contributed by atoms with Crippen molar-refractivity contribution >= 4 is 40.3 Å². The van der Waals surface area contributed by atoms with Crippen LogP contribution in [0.25, 0.3) is 0 Å². The Labute approximate surface area is 132 Å². The molecular weight excluding hydrogens is 336 g/mol. The number of carbonyl (C=O) groups excluding carboxylic acids is 1. The molecule has 0 aliphatic carbocycles. The van der Waals surface area contributed by atoms with E-state index in [2.05, 4.69) is 39.2 Å². The standard InChI is InChI=1S/C15H15BrN2OS/c16-12-5-3-4-11(10-12)8-9-17-15(19)18-13-6-1-2-7-14(13)20/h1-7,10,20H,8-9H2,(H2,17,18,19). The molecule has 0 radical (unpaired) electrons. The number of nitrogens with one attached hydrogen (secondary N) is 2. The number of benzene rings is 2. The highest BCUT2D eigenvalue weighted by Crippen LogP contribution is 2.18. The Bertz CT molecular complexity index is 604. The highest BCUT2D eigenvalue weighted by atomic mass is 79.9. The van der Waals surface area contributed by atoms with E-state index in [9.17, 15) is 4.79 Å². The first-order chi connectivity index (χ1) is 9.65. The van der Waals surface area contributed by atoms with Crippen molar-refractivity contribution < 1.29 is 4.79 Å². The largest absolute Gasteiger partial charge is 0.338 e. The minimum atomic E-state index is -0.221. The third-order valence-corrected chi connectivity index (χ3v) is 3.62. The molecule has 104 valence electrons. The summed E-state index contributed by atoms with van der Waals surface area (Å²) in [5.41, 5.74) is 1.88. The van der Waals surface area contributed by atoms with Gasteiger partial charge in [0, 0.05) is 15.9 Å². The molecule has 20 heavy (non-hydrogen) atoms. The fraction of sp³-hybridized carbons (Fsp3) is 0.133. The normalized spacial score (nSPS) is 10.1. The summed E-state index contributed by atoms with van der Waals surface area (Å²) in [6, 6.07) is 15.2. The second-order valence-corrected chi connectivity index (χ2v) is 5.68. The van der Waals surface area contributed by atoms with Crippen molar-refractivity contribution in [1.29, 1.82) is 0 Å². The summed E-state index contributed by atoms with van der Waals surface area (Å²) < 4.78 is 1.04. The topological polar surface area (TPSA) is 41.1 Å². The van der Waals surface area contributed by atoms with Gasteiger partial charge in [-0.05, 0) is 36.2 Å². The molecule has 2 amide bonds. The van der Waals surface area contributed by atoms with Crippen LogP contribution in [-0.4, -0.2) is 12.6 Å². The maximum absolute atomic E-state index is 11.8. The zero-order valence-corrected chi connectivity index (χ0v) is 13.2. The molecule has 0 atom stereocenters. The summed E-state index contributed by atoms with van der Waals surface area (Å²) in [6.45, 7) is 0.580. The lowest BCUT2D eigenvalue weighted by atomic mass is 10.1. The SMILES string of the molecule is O=C(NCCc1cccc(Br)c1)Nc1ccccc1S. The Kier molecular flexibility index (Phi) is 5.49. The Morgan fingerprint density at radius 2 is 1.95 bits per heavy atom. The van der Waals surface area contributed by atoms with E-state index < -0.39 is 0 Å². The monoisotopic (exact) mass is 350 g/mol. The van der Waals surface area contributed by atoms with Gasteiger partial charge in [0.25, 0.3) is 0 Å². The number of hydrogen-bond donors (Lipinski definition) is 3. The minimum Gasteiger partial charge on any atom is -0.338 e. The molecule has 0 fully saturated rings. The van der Waals surface area contributed by atoms with Gasteiger partial charge in [-0.15, -0.1) is 12.6 Å². The second-order valence-electron chi connectivity index (χ2n) is 4.28. The molecule has 0 spiro atoms. The van der Waals surface area contributed by atoms with Crippen LogP contribution in [0.15, 0.2) is 57.9 Å². The number of amides is 2. The number of carbonyl (C=O) groups is 1. The van der Waals surface area contributed by atoms with E-state index in [0.29, 0.717) is 12.2 Å². The minimum absolute atomic E-state index is 0.221. The predicted octanol–water partition coefficient (Wildman–Crippen LogP) is 4.10. The average molecular weight is 351 g/mol. The number of hydrogen-bond acceptors (Lipinski definition) is 2. The number of urea groups is 1. The molecule has 0 bridgehead atoms. The van der Waals surface area contributed by atoms with Crippen molar-refractivity contribution in [3.8, 4) is 0 Å². The lowest BCUT2D eigenvalue weighted by Crippen LogP contribution is -2.30. The van der Waals surface area contributed by atoms with Gasteiger partial charge in [0.2, 0.25) is 0 Å². The van der Waals surface area contributed by atoms with Crippen molar-refractivity contribution in [1.82, 2.24) is 5.32 Å². The Hall–Kier alpha value is -1.46. The van der Waals surface area contributed by atoms with Crippen LogP contribution >= 0.6 is 28.6 Å². The van der Waals surface area contributed by atoms with Gasteiger partial charge in [0.15, 0.2) is 0 Å². The van der Waals surface area contributed by atoms with Gasteiger partial charge in [-0.2, -0.15) is 0 Å². The summed E-state index contributed by atoms with van der Waals surface area (Å²) in [4.78, 5) is 12.5. The van der Waals surface area contributed by atoms with Gasteiger partial charge in [0.1, 0.15) is 0 Å². The Morgan fingerprint density at radius 3 is 2.70 bits per heavy atom. The first-order valence-electron chi connectivity index (χ1n) is 6.22. The Balaban J connectivity index is 1.80. The Morgan fingerprint density at radius 1 is 1.15 bits per heavy atom. The molecule has 2 aromatic rings. The lowest BCUT2D eigenvalue weighted by molar-refractivity contribution is 0.252. The number of anilines is 1. The summed E-state index contributed by atoms with van der Waals surface area (Å²) in [7, 11) is 0. The highest BCUT2D eigenvalue weighted by Gasteiger charge is 2.03. The smallest absolute Gasteiger partial charge is 0.319 e. The molecular formula is C15H15BrN2OS. The van der Waals surface area contributed by atoms with Crippen molar-refractivity contribution in [3.63, 3.8) is 0 Å². The van der Waals surface area contributed by atoms with Gasteiger partial charge in [-0.1, -0.05) is 40.2 Å². The molecule has 0 unspecified atom stereocenters. The molecule has 0 aliphatic rings. The number of rotatable bonds is 4. The first kappa shape index (κ1) is 14.9. The van der Waals surface area contributed by atoms with E-state index in [4.69, 9.17) is 0 Å². The van der Waals surface area contributed by atoms with Crippen LogP contribution in [0, 0.1) is 0 Å². The number of para-hydroxylation sites is 1. The van der Waals surface area contributed by atoms with Crippen molar-refractivity contribution in [3.05, 3.63) is 58.6 Å². The van der Waals surface area contributed by atoms with Crippen LogP contribution in [0.5, 0.6) is 0 Å². The molecule has 3 nitrogen and oxygen atoms in total. The maximum atomic E-state index is 11.8. The first-order valence-corrected chi connectivity index (χ1v) is 7.46. The van der Waals surface area contributed by atoms with Crippen LogP contribution in [0.2, 0.25) is 0 Å². The van der Waals surface area contributed by atoms with Crippen molar-refractivity contribution in [2.45, 2.75) is 11.3 Å². The van der Waals surface area contributed by atoms with Crippen LogP contribution in [-0.2, 0) is 6.42 Å². The van der Waals surface area contributed by atoms with Crippen LogP contribution in [0.3, 0.4) is 0 Å². The van der Waals surface area contributed by atoms with Gasteiger partial charge >= 0.3 is 6.03 Å². The summed E-state index contributed by atoms with van der Waals surface area (Å²) in [5.74, 6) is 0. The third kappa shape index (κ3) is 4.58. The van der Waals surface area contributed by atoms with Crippen molar-refractivity contribution in [2.75, 3.05) is 11.9 Å². The third-order valence-electron chi connectivity index (χ3n) is 2.74. The molecule has 2 aromatic carbocycles. The van der Waals surface area contributed by atoms with Gasteiger partial charge in [-0.25, -0.2) is 4.79 Å². The fourth-order valence-corrected chi connectivity index (χ4v) is 2.42. The van der Waals surface area contributed by atoms with E-state index >= 15 is 0 Å². The van der Waals surface area contributed by atoms with Crippen molar-refractivity contribution in [2.24, 2.45) is 0 Å². The van der Waals surface area contributed by atoms with Gasteiger partial charge in [-0.3, -0.25) is 0 Å². The van der Waals surface area contributed by atoms with Crippen LogP contribution in [0.4, 0.5) is 10.5 Å². The molecule has 0 aliphatic heterocycles. The predicted molar refractivity (Wildman–Crippen MR) is 88.6 cm³/mol. The summed E-state index contributed by atoms with van der Waals surface area (Å²) in [5, 5.41) is 5.60. The number of halogens is 1. The van der Waals surface area contributed by atoms with Crippen LogP contribution < -0.4 is 10.6 Å². The molecule has 0 saturated heterocycles. The molecule has 2 rings (SSSR count). The van der Waals surface area contributed by atoms with E-state index in [-0.39, 0.29) is 6.03 Å². The summed E-state index contributed by atoms with van der Waals surface area (Å²) in [6.07, 6.45) is 0.787. The maximum Gasteiger partial charge on any atom is 0.319 e. The average Bonchev–Trinajstić information content (AvgIpc) is 2.41. The van der Waals surface area contributed by atoms with E-state index in [0.717, 1.165) is 15.8 Å². The van der Waals surface area contributed by atoms with Gasteiger partial charge in [0.05, 0.1) is 5.69 Å². The van der Waals surface area contributed by atoms with E-state index in [1.54, 1.807) is 0 Å². The zero-order valence-electron chi connectivity index (χ0n) is 10.8. The lowest BCUT2D eigenvalue weighted by Gasteiger charge is -2.09. The van der Waals surface area contributed by atoms with E-state index in [1.165, 1.54) is 5.56 Å². The molecule has 0 aromatic heterocycles. The summed E-state index contributed by atoms with van der Waals surface area (Å²) >= 11 is 7.71. The highest BCUT2D eigenvalue weighted by molar-refractivity contribution is 9.10. The second kappa shape index (κ2) is 7.36. The molecule has 2 N–H and O–H groups in total. The van der Waals surface area contributed by atoms with Crippen LogP contribution in [0.1, 0.15) is 5.56 Å². The van der Waals surface area contributed by atoms with E-state index in [1.807, 2.05) is 48.5 Å².